The molecule has 0 N–H and O–H groups in total. The summed E-state index contributed by atoms with van der Waals surface area (Å²) < 4.78 is 27.8. The Morgan fingerprint density at radius 3 is 1.77 bits per heavy atom. The van der Waals surface area contributed by atoms with E-state index in [0.717, 1.165) is 36.6 Å². The minimum atomic E-state index is -0.723. The van der Waals surface area contributed by atoms with Gasteiger partial charge in [0.15, 0.2) is 11.6 Å². The van der Waals surface area contributed by atoms with Crippen LogP contribution in [0.25, 0.3) is 0 Å². The molecular weight excluding hydrogens is 328 g/mol. The molecule has 0 atom stereocenters. The first-order chi connectivity index (χ1) is 12.7. The van der Waals surface area contributed by atoms with E-state index in [-0.39, 0.29) is 0 Å². The molecule has 26 heavy (non-hydrogen) atoms. The number of rotatable bonds is 8. The van der Waals surface area contributed by atoms with E-state index in [4.69, 9.17) is 0 Å². The van der Waals surface area contributed by atoms with Crippen molar-refractivity contribution in [2.24, 2.45) is 23.7 Å². The molecule has 0 amide bonds. The third kappa shape index (κ3) is 5.57. The lowest BCUT2D eigenvalue weighted by molar-refractivity contribution is 0.139. The zero-order chi connectivity index (χ0) is 18.4. The van der Waals surface area contributed by atoms with Gasteiger partial charge >= 0.3 is 0 Å². The molecule has 0 aliphatic heterocycles. The maximum atomic E-state index is 13.1. The molecule has 0 aromatic carbocycles. The summed E-state index contributed by atoms with van der Waals surface area (Å²) in [5.41, 5.74) is 0. The molecule has 0 unspecified atom stereocenters. The van der Waals surface area contributed by atoms with Crippen molar-refractivity contribution in [1.82, 2.24) is 4.57 Å². The van der Waals surface area contributed by atoms with Crippen molar-refractivity contribution in [3.63, 3.8) is 0 Å². The molecule has 0 spiro atoms. The van der Waals surface area contributed by atoms with Crippen LogP contribution >= 0.6 is 0 Å². The third-order valence-electron chi connectivity index (χ3n) is 7.25. The lowest BCUT2D eigenvalue weighted by Gasteiger charge is -2.38. The highest BCUT2D eigenvalue weighted by Crippen LogP contribution is 2.42. The van der Waals surface area contributed by atoms with Gasteiger partial charge in [-0.25, -0.2) is 8.78 Å². The Morgan fingerprint density at radius 2 is 1.27 bits per heavy atom. The topological polar surface area (TPSA) is 4.93 Å². The molecule has 0 radical (unpaired) electrons. The van der Waals surface area contributed by atoms with Gasteiger partial charge in [-0.05, 0) is 55.8 Å². The van der Waals surface area contributed by atoms with E-state index in [1.54, 1.807) is 4.57 Å². The Labute approximate surface area is 158 Å². The third-order valence-corrected chi connectivity index (χ3v) is 7.25. The first-order valence-corrected chi connectivity index (χ1v) is 11.2. The summed E-state index contributed by atoms with van der Waals surface area (Å²) in [6, 6.07) is 0. The lowest BCUT2D eigenvalue weighted by Crippen LogP contribution is -2.26. The van der Waals surface area contributed by atoms with Gasteiger partial charge in [0.1, 0.15) is 0 Å². The summed E-state index contributed by atoms with van der Waals surface area (Å²) in [6.45, 7) is 3.04. The van der Waals surface area contributed by atoms with E-state index >= 15 is 0 Å². The summed E-state index contributed by atoms with van der Waals surface area (Å²) in [5, 5.41) is 0. The predicted octanol–water partition coefficient (Wildman–Crippen LogP) is 7.35. The number of aryl methyl sites for hydroxylation is 1. The van der Waals surface area contributed by atoms with Crippen LogP contribution in [-0.2, 0) is 6.54 Å². The summed E-state index contributed by atoms with van der Waals surface area (Å²) in [6.07, 6.45) is 20.6. The highest BCUT2D eigenvalue weighted by Gasteiger charge is 2.30. The first kappa shape index (κ1) is 19.9. The Balaban J connectivity index is 1.32. The van der Waals surface area contributed by atoms with Crippen LogP contribution < -0.4 is 0 Å². The number of hydrogen-bond donors (Lipinski definition) is 0. The van der Waals surface area contributed by atoms with Crippen molar-refractivity contribution < 1.29 is 8.78 Å². The van der Waals surface area contributed by atoms with E-state index < -0.39 is 11.6 Å². The fraction of sp³-hybridized carbons (Fsp3) is 0.826. The van der Waals surface area contributed by atoms with Gasteiger partial charge in [-0.3, -0.25) is 0 Å². The summed E-state index contributed by atoms with van der Waals surface area (Å²) in [4.78, 5) is 0. The largest absolute Gasteiger partial charge is 0.348 e. The second-order valence-electron chi connectivity index (χ2n) is 9.04. The monoisotopic (exact) mass is 365 g/mol. The van der Waals surface area contributed by atoms with E-state index in [1.807, 2.05) is 0 Å². The molecule has 1 nitrogen and oxygen atoms in total. The molecule has 2 aliphatic rings. The molecule has 2 saturated carbocycles. The normalized spacial score (nSPS) is 29.8. The van der Waals surface area contributed by atoms with Crippen molar-refractivity contribution in [3.05, 3.63) is 24.0 Å². The molecule has 2 fully saturated rings. The van der Waals surface area contributed by atoms with Crippen LogP contribution in [0.3, 0.4) is 0 Å². The number of unbranched alkanes of at least 4 members (excludes halogenated alkanes) is 2. The molecule has 2 aliphatic carbocycles. The van der Waals surface area contributed by atoms with Gasteiger partial charge in [-0.2, -0.15) is 0 Å². The standard InChI is InChI=1S/C23H37F2N/c1-2-3-4-5-18-6-10-20(11-7-18)21-12-8-19(9-13-21)14-15-26-16-22(24)23(25)17-26/h16-21H,2-15H2,1H3. The van der Waals surface area contributed by atoms with Gasteiger partial charge in [0.25, 0.3) is 0 Å². The number of hydrogen-bond acceptors (Lipinski definition) is 0. The van der Waals surface area contributed by atoms with Crippen molar-refractivity contribution in [2.75, 3.05) is 0 Å². The first-order valence-electron chi connectivity index (χ1n) is 11.2. The average Bonchev–Trinajstić information content (AvgIpc) is 2.99. The molecule has 1 aromatic heterocycles. The Hall–Kier alpha value is -0.860. The predicted molar refractivity (Wildman–Crippen MR) is 104 cm³/mol. The number of nitrogens with zero attached hydrogens (tertiary/aromatic N) is 1. The van der Waals surface area contributed by atoms with Crippen LogP contribution in [0.4, 0.5) is 8.78 Å². The van der Waals surface area contributed by atoms with Crippen LogP contribution in [0.5, 0.6) is 0 Å². The van der Waals surface area contributed by atoms with Gasteiger partial charge in [-0.1, -0.05) is 58.3 Å². The summed E-state index contributed by atoms with van der Waals surface area (Å²) in [7, 11) is 0. The van der Waals surface area contributed by atoms with E-state index in [9.17, 15) is 8.78 Å². The Bertz CT molecular complexity index is 503. The van der Waals surface area contributed by atoms with E-state index in [1.165, 1.54) is 89.4 Å². The summed E-state index contributed by atoms with van der Waals surface area (Å²) >= 11 is 0. The summed E-state index contributed by atoms with van der Waals surface area (Å²) in [5.74, 6) is 2.23. The van der Waals surface area contributed by atoms with Crippen LogP contribution in [0.1, 0.15) is 90.4 Å². The molecule has 0 bridgehead atoms. The maximum absolute atomic E-state index is 13.1. The van der Waals surface area contributed by atoms with Crippen molar-refractivity contribution >= 4 is 0 Å². The average molecular weight is 366 g/mol. The fourth-order valence-electron chi connectivity index (χ4n) is 5.49. The van der Waals surface area contributed by atoms with Gasteiger partial charge in [-0.15, -0.1) is 0 Å². The zero-order valence-corrected chi connectivity index (χ0v) is 16.6. The zero-order valence-electron chi connectivity index (χ0n) is 16.6. The molecule has 1 heterocycles. The van der Waals surface area contributed by atoms with Gasteiger partial charge in [0.2, 0.25) is 0 Å². The van der Waals surface area contributed by atoms with Crippen LogP contribution in [-0.4, -0.2) is 4.57 Å². The number of aromatic nitrogens is 1. The van der Waals surface area contributed by atoms with Crippen LogP contribution in [0.15, 0.2) is 12.4 Å². The minimum Gasteiger partial charge on any atom is -0.348 e. The van der Waals surface area contributed by atoms with Crippen LogP contribution in [0, 0.1) is 35.3 Å². The van der Waals surface area contributed by atoms with Gasteiger partial charge in [0, 0.05) is 18.9 Å². The quantitative estimate of drug-likeness (QED) is 0.424. The second kappa shape index (κ2) is 9.90. The van der Waals surface area contributed by atoms with Crippen LogP contribution in [0.2, 0.25) is 0 Å². The molecule has 0 saturated heterocycles. The van der Waals surface area contributed by atoms with E-state index in [0.29, 0.717) is 0 Å². The maximum Gasteiger partial charge on any atom is 0.176 e. The Kier molecular flexibility index (Phi) is 7.57. The molecule has 1 aromatic rings. The smallest absolute Gasteiger partial charge is 0.176 e. The van der Waals surface area contributed by atoms with Crippen molar-refractivity contribution in [1.29, 1.82) is 0 Å². The fourth-order valence-corrected chi connectivity index (χ4v) is 5.49. The molecule has 148 valence electrons. The lowest BCUT2D eigenvalue weighted by atomic mass is 9.68. The van der Waals surface area contributed by atoms with E-state index in [2.05, 4.69) is 6.92 Å². The molecule has 3 rings (SSSR count). The minimum absolute atomic E-state index is 0.723. The highest BCUT2D eigenvalue weighted by molar-refractivity contribution is 4.98. The SMILES string of the molecule is CCCCCC1CCC(C2CCC(CCn3cc(F)c(F)c3)CC2)CC1. The van der Waals surface area contributed by atoms with Crippen molar-refractivity contribution in [2.45, 2.75) is 96.9 Å². The number of halogens is 2. The second-order valence-corrected chi connectivity index (χ2v) is 9.04. The van der Waals surface area contributed by atoms with Gasteiger partial charge < -0.3 is 4.57 Å². The van der Waals surface area contributed by atoms with Gasteiger partial charge in [0.05, 0.1) is 0 Å². The highest BCUT2D eigenvalue weighted by atomic mass is 19.2. The van der Waals surface area contributed by atoms with Crippen molar-refractivity contribution in [3.8, 4) is 0 Å². The Morgan fingerprint density at radius 1 is 0.769 bits per heavy atom. The molecule has 3 heteroatoms. The molecular formula is C23H37F2N.